The van der Waals surface area contributed by atoms with Crippen molar-refractivity contribution < 1.29 is 0 Å². The molecule has 1 aliphatic heterocycles. The second-order valence-electron chi connectivity index (χ2n) is 7.02. The van der Waals surface area contributed by atoms with Gasteiger partial charge >= 0.3 is 0 Å². The Bertz CT molecular complexity index is 661. The summed E-state index contributed by atoms with van der Waals surface area (Å²) in [4.78, 5) is 16.1. The summed E-state index contributed by atoms with van der Waals surface area (Å²) in [5, 5.41) is 0. The average molecular weight is 311 g/mol. The van der Waals surface area contributed by atoms with Crippen LogP contribution in [0.25, 0.3) is 0 Å². The lowest BCUT2D eigenvalue weighted by molar-refractivity contribution is 0.270. The van der Waals surface area contributed by atoms with Crippen LogP contribution in [0.5, 0.6) is 0 Å². The highest BCUT2D eigenvalue weighted by Crippen LogP contribution is 2.31. The van der Waals surface area contributed by atoms with Gasteiger partial charge in [-0.05, 0) is 44.6 Å². The SMILES string of the molecule is Cc1ccnc(N2CCC[C@@H](c3nccn3CC3CCC3)C2)n1. The van der Waals surface area contributed by atoms with Crippen molar-refractivity contribution in [1.29, 1.82) is 0 Å². The van der Waals surface area contributed by atoms with Crippen LogP contribution >= 0.6 is 0 Å². The molecule has 3 heterocycles. The monoisotopic (exact) mass is 311 g/mol. The third kappa shape index (κ3) is 3.09. The lowest BCUT2D eigenvalue weighted by atomic mass is 9.85. The van der Waals surface area contributed by atoms with Crippen LogP contribution in [0.15, 0.2) is 24.7 Å². The molecule has 2 aliphatic rings. The molecule has 0 aromatic carbocycles. The minimum Gasteiger partial charge on any atom is -0.340 e. The van der Waals surface area contributed by atoms with Crippen LogP contribution in [0.3, 0.4) is 0 Å². The van der Waals surface area contributed by atoms with Gasteiger partial charge in [-0.3, -0.25) is 0 Å². The molecular formula is C18H25N5. The summed E-state index contributed by atoms with van der Waals surface area (Å²) >= 11 is 0. The number of anilines is 1. The van der Waals surface area contributed by atoms with Crippen molar-refractivity contribution in [2.45, 2.75) is 51.5 Å². The van der Waals surface area contributed by atoms with Crippen molar-refractivity contribution >= 4 is 5.95 Å². The molecule has 1 saturated heterocycles. The van der Waals surface area contributed by atoms with E-state index >= 15 is 0 Å². The van der Waals surface area contributed by atoms with E-state index in [-0.39, 0.29) is 0 Å². The number of aromatic nitrogens is 4. The third-order valence-electron chi connectivity index (χ3n) is 5.28. The first-order chi connectivity index (χ1) is 11.3. The molecule has 122 valence electrons. The van der Waals surface area contributed by atoms with Crippen LogP contribution in [0.2, 0.25) is 0 Å². The molecule has 0 radical (unpaired) electrons. The smallest absolute Gasteiger partial charge is 0.225 e. The van der Waals surface area contributed by atoms with E-state index in [0.29, 0.717) is 5.92 Å². The molecule has 2 aromatic rings. The van der Waals surface area contributed by atoms with E-state index in [2.05, 4.69) is 25.6 Å². The van der Waals surface area contributed by atoms with Gasteiger partial charge in [-0.25, -0.2) is 15.0 Å². The van der Waals surface area contributed by atoms with Gasteiger partial charge in [0.05, 0.1) is 0 Å². The molecule has 5 heteroatoms. The van der Waals surface area contributed by atoms with Crippen LogP contribution < -0.4 is 4.90 Å². The van der Waals surface area contributed by atoms with Crippen molar-refractivity contribution in [3.8, 4) is 0 Å². The Morgan fingerprint density at radius 3 is 2.83 bits per heavy atom. The molecule has 1 saturated carbocycles. The minimum atomic E-state index is 0.489. The van der Waals surface area contributed by atoms with Gasteiger partial charge in [-0.1, -0.05) is 6.42 Å². The van der Waals surface area contributed by atoms with Gasteiger partial charge in [0, 0.05) is 49.8 Å². The lowest BCUT2D eigenvalue weighted by Crippen LogP contribution is -2.36. The summed E-state index contributed by atoms with van der Waals surface area (Å²) in [6, 6.07) is 1.95. The van der Waals surface area contributed by atoms with E-state index in [0.717, 1.165) is 37.2 Å². The molecule has 0 N–H and O–H groups in total. The topological polar surface area (TPSA) is 46.8 Å². The fourth-order valence-corrected chi connectivity index (χ4v) is 3.75. The highest BCUT2D eigenvalue weighted by Gasteiger charge is 2.27. The maximum Gasteiger partial charge on any atom is 0.225 e. The lowest BCUT2D eigenvalue weighted by Gasteiger charge is -2.33. The normalized spacial score (nSPS) is 22.1. The summed E-state index contributed by atoms with van der Waals surface area (Å²) in [5.74, 6) is 3.48. The van der Waals surface area contributed by atoms with Crippen LogP contribution in [0.1, 0.15) is 49.5 Å². The molecule has 23 heavy (non-hydrogen) atoms. The fraction of sp³-hybridized carbons (Fsp3) is 0.611. The minimum absolute atomic E-state index is 0.489. The van der Waals surface area contributed by atoms with Gasteiger partial charge < -0.3 is 9.47 Å². The predicted molar refractivity (Wildman–Crippen MR) is 90.5 cm³/mol. The number of aryl methyl sites for hydroxylation is 1. The third-order valence-corrected chi connectivity index (χ3v) is 5.28. The second-order valence-corrected chi connectivity index (χ2v) is 7.02. The maximum absolute atomic E-state index is 4.69. The van der Waals surface area contributed by atoms with Crippen LogP contribution in [0.4, 0.5) is 5.95 Å². The van der Waals surface area contributed by atoms with Gasteiger partial charge in [0.25, 0.3) is 0 Å². The molecule has 0 spiro atoms. The quantitative estimate of drug-likeness (QED) is 0.870. The van der Waals surface area contributed by atoms with Crippen LogP contribution in [0, 0.1) is 12.8 Å². The number of hydrogen-bond acceptors (Lipinski definition) is 4. The van der Waals surface area contributed by atoms with E-state index in [1.54, 1.807) is 0 Å². The van der Waals surface area contributed by atoms with Crippen molar-refractivity contribution in [2.75, 3.05) is 18.0 Å². The summed E-state index contributed by atoms with van der Waals surface area (Å²) in [7, 11) is 0. The Kier molecular flexibility index (Phi) is 4.02. The first-order valence-corrected chi connectivity index (χ1v) is 8.85. The second kappa shape index (κ2) is 6.30. The zero-order valence-electron chi connectivity index (χ0n) is 13.9. The molecule has 1 aliphatic carbocycles. The van der Waals surface area contributed by atoms with E-state index in [1.165, 1.54) is 37.9 Å². The predicted octanol–water partition coefficient (Wildman–Crippen LogP) is 3.17. The Labute approximate surface area is 137 Å². The van der Waals surface area contributed by atoms with Crippen molar-refractivity contribution in [2.24, 2.45) is 5.92 Å². The summed E-state index contributed by atoms with van der Waals surface area (Å²) in [5.41, 5.74) is 1.03. The number of piperidine rings is 1. The van der Waals surface area contributed by atoms with Gasteiger partial charge in [0.1, 0.15) is 5.82 Å². The molecular weight excluding hydrogens is 286 g/mol. The molecule has 2 aromatic heterocycles. The van der Waals surface area contributed by atoms with Crippen LogP contribution in [-0.2, 0) is 6.54 Å². The Morgan fingerprint density at radius 2 is 2.04 bits per heavy atom. The van der Waals surface area contributed by atoms with E-state index in [4.69, 9.17) is 4.98 Å². The van der Waals surface area contributed by atoms with E-state index in [1.807, 2.05) is 25.4 Å². The Balaban J connectivity index is 1.50. The molecule has 4 rings (SSSR count). The highest BCUT2D eigenvalue weighted by molar-refractivity contribution is 5.32. The summed E-state index contributed by atoms with van der Waals surface area (Å²) < 4.78 is 2.40. The zero-order valence-corrected chi connectivity index (χ0v) is 13.9. The van der Waals surface area contributed by atoms with Gasteiger partial charge in [0.2, 0.25) is 5.95 Å². The van der Waals surface area contributed by atoms with Gasteiger partial charge in [-0.2, -0.15) is 0 Å². The summed E-state index contributed by atoms with van der Waals surface area (Å²) in [6.07, 6.45) is 12.5. The number of imidazole rings is 1. The van der Waals surface area contributed by atoms with E-state index < -0.39 is 0 Å². The Morgan fingerprint density at radius 1 is 1.13 bits per heavy atom. The average Bonchev–Trinajstić information content (AvgIpc) is 2.99. The van der Waals surface area contributed by atoms with E-state index in [9.17, 15) is 0 Å². The molecule has 1 atom stereocenters. The van der Waals surface area contributed by atoms with Crippen molar-refractivity contribution in [3.05, 3.63) is 36.2 Å². The van der Waals surface area contributed by atoms with Crippen molar-refractivity contribution in [3.63, 3.8) is 0 Å². The molecule has 0 unspecified atom stereocenters. The molecule has 0 amide bonds. The Hall–Kier alpha value is -1.91. The standard InChI is InChI=1S/C18H25N5/c1-14-7-8-20-18(21-14)23-10-3-6-16(13-23)17-19-9-11-22(17)12-15-4-2-5-15/h7-9,11,15-16H,2-6,10,12-13H2,1H3/t16-/m1/s1. The van der Waals surface area contributed by atoms with Gasteiger partial charge in [-0.15, -0.1) is 0 Å². The molecule has 0 bridgehead atoms. The van der Waals surface area contributed by atoms with Gasteiger partial charge in [0.15, 0.2) is 0 Å². The highest BCUT2D eigenvalue weighted by atomic mass is 15.3. The number of rotatable bonds is 4. The maximum atomic E-state index is 4.69. The molecule has 2 fully saturated rings. The molecule has 5 nitrogen and oxygen atoms in total. The first-order valence-electron chi connectivity index (χ1n) is 8.85. The largest absolute Gasteiger partial charge is 0.340 e. The number of hydrogen-bond donors (Lipinski definition) is 0. The summed E-state index contributed by atoms with van der Waals surface area (Å²) in [6.45, 7) is 5.19. The zero-order chi connectivity index (χ0) is 15.6. The van der Waals surface area contributed by atoms with Crippen LogP contribution in [-0.4, -0.2) is 32.6 Å². The first kappa shape index (κ1) is 14.7. The fourth-order valence-electron chi connectivity index (χ4n) is 3.75. The number of nitrogens with zero attached hydrogens (tertiary/aromatic N) is 5. The van der Waals surface area contributed by atoms with Crippen molar-refractivity contribution in [1.82, 2.24) is 19.5 Å².